The summed E-state index contributed by atoms with van der Waals surface area (Å²) in [5.74, 6) is 2.85. The van der Waals surface area contributed by atoms with E-state index < -0.39 is 11.9 Å². The Hall–Kier alpha value is -6.16. The van der Waals surface area contributed by atoms with Crippen LogP contribution in [0.3, 0.4) is 0 Å². The van der Waals surface area contributed by atoms with Gasteiger partial charge in [-0.05, 0) is 86.2 Å². The van der Waals surface area contributed by atoms with Crippen molar-refractivity contribution >= 4 is 45.8 Å². The molecule has 2 N–H and O–H groups in total. The van der Waals surface area contributed by atoms with E-state index in [1.807, 2.05) is 52.7 Å². The Morgan fingerprint density at radius 2 is 1.76 bits per heavy atom. The fraction of sp³-hybridized carbons (Fsp3) is 0.435. The second-order valence-corrected chi connectivity index (χ2v) is 17.7. The Morgan fingerprint density at radius 3 is 2.53 bits per heavy atom. The zero-order valence-electron chi connectivity index (χ0n) is 34.8. The van der Waals surface area contributed by atoms with Crippen LogP contribution >= 0.6 is 11.3 Å². The predicted molar refractivity (Wildman–Crippen MR) is 231 cm³/mol. The number of benzene rings is 2. The second-order valence-electron chi connectivity index (χ2n) is 16.7. The highest BCUT2D eigenvalue weighted by molar-refractivity contribution is 7.09. The number of H-pyrrole nitrogens is 1. The van der Waals surface area contributed by atoms with Gasteiger partial charge < -0.3 is 38.9 Å². The highest BCUT2D eigenvalue weighted by Crippen LogP contribution is 2.48. The van der Waals surface area contributed by atoms with Crippen molar-refractivity contribution in [3.8, 4) is 40.0 Å². The number of carbonyl (C=O) groups excluding carboxylic acids is 3. The van der Waals surface area contributed by atoms with Gasteiger partial charge in [0.2, 0.25) is 18.6 Å². The average Bonchev–Trinajstić information content (AvgIpc) is 3.61. The van der Waals surface area contributed by atoms with Crippen molar-refractivity contribution in [2.45, 2.75) is 69.9 Å². The van der Waals surface area contributed by atoms with Crippen LogP contribution in [0.1, 0.15) is 72.2 Å². The standard InChI is InChI=1S/C46H49N7O8S/c1-57-34-12-11-27(20-37(34)58-2)39-30-7-3-4-8-31(30)45(55)53(51-39)28-15-17-52(18-16-28)46(56)33(21-29-6-5-19-62-29)50-44(54)32-22-47-42-40(32)48-24-49-41(42)38-35(59-23-26-9-10-26)13-14-36-43(38)61-25-60-36/h5-6,11-14,19-20,22,24,26,28,30-31,33,47H,3-4,7-10,15-18,21,23,25H2,1-2H3,(H,50,54)/t30-,31+,33-/m0/s1. The summed E-state index contributed by atoms with van der Waals surface area (Å²) >= 11 is 1.54. The molecule has 5 aromatic rings. The van der Waals surface area contributed by atoms with Crippen LogP contribution in [0.4, 0.5) is 0 Å². The van der Waals surface area contributed by atoms with E-state index in [1.165, 1.54) is 17.7 Å². The largest absolute Gasteiger partial charge is 0.493 e. The van der Waals surface area contributed by atoms with E-state index in [1.54, 1.807) is 25.4 Å². The van der Waals surface area contributed by atoms with Gasteiger partial charge in [-0.25, -0.2) is 15.0 Å². The first-order chi connectivity index (χ1) is 30.4. The highest BCUT2D eigenvalue weighted by atomic mass is 32.1. The lowest BCUT2D eigenvalue weighted by atomic mass is 9.73. The molecule has 3 atom stereocenters. The van der Waals surface area contributed by atoms with E-state index in [-0.39, 0.29) is 42.0 Å². The fourth-order valence-corrected chi connectivity index (χ4v) is 10.2. The molecule has 62 heavy (non-hydrogen) atoms. The van der Waals surface area contributed by atoms with Crippen molar-refractivity contribution in [3.63, 3.8) is 0 Å². The number of ether oxygens (including phenoxy) is 5. The molecule has 3 fully saturated rings. The maximum absolute atomic E-state index is 14.5. The van der Waals surface area contributed by atoms with Crippen LogP contribution in [0.5, 0.6) is 28.7 Å². The molecule has 3 amide bonds. The number of thiophene rings is 1. The number of carbonyl (C=O) groups is 3. The van der Waals surface area contributed by atoms with Crippen LogP contribution in [-0.4, -0.2) is 101 Å². The number of hydrazone groups is 1. The number of methoxy groups -OCH3 is 2. The monoisotopic (exact) mass is 859 g/mol. The van der Waals surface area contributed by atoms with Crippen molar-refractivity contribution in [1.82, 2.24) is 30.2 Å². The van der Waals surface area contributed by atoms with Crippen LogP contribution < -0.4 is 29.0 Å². The molecule has 2 saturated carbocycles. The van der Waals surface area contributed by atoms with Crippen molar-refractivity contribution in [3.05, 3.63) is 76.4 Å². The third-order valence-corrected chi connectivity index (χ3v) is 13.8. The zero-order chi connectivity index (χ0) is 42.3. The number of hydrogen-bond donors (Lipinski definition) is 2. The Kier molecular flexibility index (Phi) is 10.9. The number of fused-ring (bicyclic) bond motifs is 3. The van der Waals surface area contributed by atoms with Crippen molar-refractivity contribution in [1.29, 1.82) is 0 Å². The number of rotatable bonds is 13. The minimum Gasteiger partial charge on any atom is -0.493 e. The van der Waals surface area contributed by atoms with Gasteiger partial charge in [-0.1, -0.05) is 18.9 Å². The molecule has 16 heteroatoms. The topological polar surface area (TPSA) is 170 Å². The maximum Gasteiger partial charge on any atom is 0.255 e. The number of nitrogens with one attached hydrogen (secondary N) is 2. The van der Waals surface area contributed by atoms with Gasteiger partial charge in [-0.15, -0.1) is 11.3 Å². The predicted octanol–water partition coefficient (Wildman–Crippen LogP) is 6.61. The smallest absolute Gasteiger partial charge is 0.255 e. The minimum atomic E-state index is -0.844. The van der Waals surface area contributed by atoms with E-state index in [2.05, 4.69) is 20.3 Å². The molecule has 0 bridgehead atoms. The third kappa shape index (κ3) is 7.58. The van der Waals surface area contributed by atoms with E-state index in [0.717, 1.165) is 54.7 Å². The summed E-state index contributed by atoms with van der Waals surface area (Å²) in [7, 11) is 3.23. The van der Waals surface area contributed by atoms with Crippen LogP contribution in [0.15, 0.2) is 65.5 Å². The molecule has 10 rings (SSSR count). The summed E-state index contributed by atoms with van der Waals surface area (Å²) in [6, 6.07) is 12.4. The van der Waals surface area contributed by atoms with Crippen LogP contribution in [0.25, 0.3) is 22.3 Å². The number of nitrogens with zero attached hydrogens (tertiary/aromatic N) is 5. The van der Waals surface area contributed by atoms with Gasteiger partial charge in [0.15, 0.2) is 23.0 Å². The summed E-state index contributed by atoms with van der Waals surface area (Å²) in [6.07, 6.45) is 10.5. The molecule has 0 unspecified atom stereocenters. The Labute approximate surface area is 362 Å². The van der Waals surface area contributed by atoms with Gasteiger partial charge in [0.25, 0.3) is 5.91 Å². The summed E-state index contributed by atoms with van der Waals surface area (Å²) < 4.78 is 29.0. The molecular formula is C46H49N7O8S. The zero-order valence-corrected chi connectivity index (χ0v) is 35.6. The molecule has 0 spiro atoms. The van der Waals surface area contributed by atoms with E-state index in [9.17, 15) is 14.4 Å². The first kappa shape index (κ1) is 39.9. The molecule has 2 aromatic carbocycles. The number of aromatic nitrogens is 3. The summed E-state index contributed by atoms with van der Waals surface area (Å²) in [5.41, 5.74) is 4.18. The first-order valence-corrected chi connectivity index (χ1v) is 22.4. The molecule has 3 aromatic heterocycles. The molecule has 15 nitrogen and oxygen atoms in total. The van der Waals surface area contributed by atoms with Gasteiger partial charge in [0, 0.05) is 48.0 Å². The van der Waals surface area contributed by atoms with Crippen LogP contribution in [0.2, 0.25) is 0 Å². The van der Waals surface area contributed by atoms with Gasteiger partial charge in [0.1, 0.15) is 29.3 Å². The maximum atomic E-state index is 14.5. The van der Waals surface area contributed by atoms with Gasteiger partial charge in [0.05, 0.1) is 49.2 Å². The normalized spacial score (nSPS) is 20.4. The molecular weight excluding hydrogens is 811 g/mol. The minimum absolute atomic E-state index is 0.0372. The lowest BCUT2D eigenvalue weighted by molar-refractivity contribution is -0.143. The van der Waals surface area contributed by atoms with E-state index in [0.29, 0.717) is 95.9 Å². The summed E-state index contributed by atoms with van der Waals surface area (Å²) in [5, 5.41) is 11.8. The SMILES string of the molecule is COc1ccc(C2=NN(C3CCN(C(=O)[C@H](Cc4cccs4)NC(=O)c4c[nH]c5c(-c6c(OCC7CC7)ccc7c6OCO7)ncnc45)CC3)C(=O)[C@@H]3CCCC[C@H]23)cc1OC. The van der Waals surface area contributed by atoms with E-state index in [4.69, 9.17) is 28.8 Å². The third-order valence-electron chi connectivity index (χ3n) is 12.9. The molecule has 322 valence electrons. The fourth-order valence-electron chi connectivity index (χ4n) is 9.40. The van der Waals surface area contributed by atoms with Gasteiger partial charge >= 0.3 is 0 Å². The van der Waals surface area contributed by atoms with Crippen LogP contribution in [0, 0.1) is 17.8 Å². The Balaban J connectivity index is 0.880. The molecule has 6 heterocycles. The van der Waals surface area contributed by atoms with Crippen molar-refractivity contribution in [2.24, 2.45) is 22.9 Å². The number of amides is 3. The van der Waals surface area contributed by atoms with Crippen molar-refractivity contribution in [2.75, 3.05) is 40.7 Å². The van der Waals surface area contributed by atoms with Crippen molar-refractivity contribution < 1.29 is 38.1 Å². The number of piperidine rings is 1. The number of likely N-dealkylation sites (tertiary alicyclic amines) is 1. The molecule has 3 aliphatic heterocycles. The molecule has 2 aliphatic carbocycles. The first-order valence-electron chi connectivity index (χ1n) is 21.5. The van der Waals surface area contributed by atoms with Gasteiger partial charge in [-0.3, -0.25) is 14.4 Å². The lowest BCUT2D eigenvalue weighted by Gasteiger charge is -2.43. The van der Waals surface area contributed by atoms with Gasteiger partial charge in [-0.2, -0.15) is 5.10 Å². The molecule has 0 radical (unpaired) electrons. The second kappa shape index (κ2) is 17.0. The van der Waals surface area contributed by atoms with Crippen LogP contribution in [-0.2, 0) is 16.0 Å². The van der Waals surface area contributed by atoms with E-state index >= 15 is 0 Å². The summed E-state index contributed by atoms with van der Waals surface area (Å²) in [6.45, 7) is 1.50. The quantitative estimate of drug-likeness (QED) is 0.132. The number of hydrogen-bond acceptors (Lipinski definition) is 12. The molecule has 5 aliphatic rings. The average molecular weight is 860 g/mol. The summed E-state index contributed by atoms with van der Waals surface area (Å²) in [4.78, 5) is 58.1. The highest BCUT2D eigenvalue weighted by Gasteiger charge is 2.44. The molecule has 1 saturated heterocycles. The Bertz CT molecular complexity index is 2530. The Morgan fingerprint density at radius 1 is 0.952 bits per heavy atom. The number of aromatic amines is 1. The lowest BCUT2D eigenvalue weighted by Crippen LogP contribution is -2.55.